The Balaban J connectivity index is 2.24. The summed E-state index contributed by atoms with van der Waals surface area (Å²) in [6, 6.07) is 5.62. The Kier molecular flexibility index (Phi) is 4.01. The van der Waals surface area contributed by atoms with Gasteiger partial charge in [-0.15, -0.1) is 6.58 Å². The van der Waals surface area contributed by atoms with Crippen LogP contribution in [0.5, 0.6) is 0 Å². The minimum atomic E-state index is -3.60. The third-order valence-electron chi connectivity index (χ3n) is 2.87. The third-order valence-corrected chi connectivity index (χ3v) is 4.31. The van der Waals surface area contributed by atoms with E-state index in [1.54, 1.807) is 0 Å². The second-order valence-electron chi connectivity index (χ2n) is 4.26. The van der Waals surface area contributed by atoms with Crippen LogP contribution >= 0.6 is 0 Å². The van der Waals surface area contributed by atoms with Gasteiger partial charge in [0.05, 0.1) is 10.6 Å². The van der Waals surface area contributed by atoms with E-state index in [0.717, 1.165) is 4.90 Å². The highest BCUT2D eigenvalue weighted by molar-refractivity contribution is 7.89. The number of imide groups is 1. The minimum Gasteiger partial charge on any atom is -0.274 e. The molecule has 0 saturated carbocycles. The fourth-order valence-corrected chi connectivity index (χ4v) is 2.89. The number of carbonyl (C=O) groups excluding carboxylic acids is 2. The van der Waals surface area contributed by atoms with E-state index in [2.05, 4.69) is 11.3 Å². The first-order valence-corrected chi connectivity index (χ1v) is 7.50. The number of benzene rings is 1. The van der Waals surface area contributed by atoms with Crippen LogP contribution in [0.2, 0.25) is 0 Å². The summed E-state index contributed by atoms with van der Waals surface area (Å²) in [4.78, 5) is 24.3. The van der Waals surface area contributed by atoms with Crippen LogP contribution in [0.3, 0.4) is 0 Å². The minimum absolute atomic E-state index is 0.0715. The average Bonchev–Trinajstić information content (AvgIpc) is 2.76. The van der Waals surface area contributed by atoms with Crippen LogP contribution in [0.1, 0.15) is 12.8 Å². The first-order chi connectivity index (χ1) is 9.45. The average molecular weight is 294 g/mol. The molecule has 0 radical (unpaired) electrons. The zero-order valence-electron chi connectivity index (χ0n) is 10.7. The number of sulfonamides is 1. The smallest absolute Gasteiger partial charge is 0.240 e. The molecule has 0 atom stereocenters. The highest BCUT2D eigenvalue weighted by Crippen LogP contribution is 2.23. The van der Waals surface area contributed by atoms with Crippen LogP contribution in [-0.4, -0.2) is 26.8 Å². The van der Waals surface area contributed by atoms with Gasteiger partial charge in [-0.25, -0.2) is 13.1 Å². The largest absolute Gasteiger partial charge is 0.274 e. The van der Waals surface area contributed by atoms with Gasteiger partial charge in [0.2, 0.25) is 21.8 Å². The molecule has 1 aliphatic rings. The summed E-state index contributed by atoms with van der Waals surface area (Å²) in [6.07, 6.45) is 1.83. The maximum Gasteiger partial charge on any atom is 0.240 e. The summed E-state index contributed by atoms with van der Waals surface area (Å²) < 4.78 is 26.0. The standard InChI is InChI=1S/C13H14N2O4S/c1-2-9-14-20(18,19)11-5-3-10(4-6-11)15-12(16)7-8-13(15)17/h2-6,14H,1,7-9H2. The van der Waals surface area contributed by atoms with Gasteiger partial charge in [-0.3, -0.25) is 14.5 Å². The lowest BCUT2D eigenvalue weighted by Gasteiger charge is -2.14. The SMILES string of the molecule is C=CCNS(=O)(=O)c1ccc(N2C(=O)CCC2=O)cc1. The molecule has 2 amide bonds. The van der Waals surface area contributed by atoms with Gasteiger partial charge in [0.25, 0.3) is 0 Å². The molecule has 0 aliphatic carbocycles. The van der Waals surface area contributed by atoms with Gasteiger partial charge in [0.1, 0.15) is 0 Å². The number of amides is 2. The molecular weight excluding hydrogens is 280 g/mol. The lowest BCUT2D eigenvalue weighted by Crippen LogP contribution is -2.28. The molecule has 1 fully saturated rings. The Morgan fingerprint density at radius 3 is 2.20 bits per heavy atom. The van der Waals surface area contributed by atoms with Crippen molar-refractivity contribution >= 4 is 27.5 Å². The van der Waals surface area contributed by atoms with Crippen LogP contribution in [0.15, 0.2) is 41.8 Å². The molecular formula is C13H14N2O4S. The van der Waals surface area contributed by atoms with Gasteiger partial charge < -0.3 is 0 Å². The van der Waals surface area contributed by atoms with Crippen molar-refractivity contribution in [2.24, 2.45) is 0 Å². The van der Waals surface area contributed by atoms with Gasteiger partial charge in [0, 0.05) is 19.4 Å². The molecule has 0 spiro atoms. The lowest BCUT2D eigenvalue weighted by molar-refractivity contribution is -0.121. The van der Waals surface area contributed by atoms with E-state index < -0.39 is 10.0 Å². The first kappa shape index (κ1) is 14.4. The molecule has 6 nitrogen and oxygen atoms in total. The fourth-order valence-electron chi connectivity index (χ4n) is 1.89. The number of nitrogens with zero attached hydrogens (tertiary/aromatic N) is 1. The second-order valence-corrected chi connectivity index (χ2v) is 6.02. The summed E-state index contributed by atoms with van der Waals surface area (Å²) in [5.74, 6) is -0.536. The lowest BCUT2D eigenvalue weighted by atomic mass is 10.3. The first-order valence-electron chi connectivity index (χ1n) is 6.02. The summed E-state index contributed by atoms with van der Waals surface area (Å²) >= 11 is 0. The molecule has 7 heteroatoms. The van der Waals surface area contributed by atoms with E-state index in [4.69, 9.17) is 0 Å². The topological polar surface area (TPSA) is 83.6 Å². The number of hydrogen-bond acceptors (Lipinski definition) is 4. The Bertz CT molecular complexity index is 633. The van der Waals surface area contributed by atoms with Crippen molar-refractivity contribution in [2.45, 2.75) is 17.7 Å². The molecule has 1 aliphatic heterocycles. The molecule has 106 valence electrons. The predicted molar refractivity (Wildman–Crippen MR) is 73.6 cm³/mol. The summed E-state index contributed by atoms with van der Waals surface area (Å²) in [5, 5.41) is 0. The Morgan fingerprint density at radius 2 is 1.70 bits per heavy atom. The molecule has 0 unspecified atom stereocenters. The molecule has 1 aromatic carbocycles. The van der Waals surface area contributed by atoms with E-state index in [1.807, 2.05) is 0 Å². The van der Waals surface area contributed by atoms with Crippen LogP contribution in [0, 0.1) is 0 Å². The molecule has 1 N–H and O–H groups in total. The monoisotopic (exact) mass is 294 g/mol. The van der Waals surface area contributed by atoms with Crippen molar-refractivity contribution in [3.8, 4) is 0 Å². The van der Waals surface area contributed by atoms with Crippen LogP contribution in [-0.2, 0) is 19.6 Å². The van der Waals surface area contributed by atoms with Crippen molar-refractivity contribution in [2.75, 3.05) is 11.4 Å². The van der Waals surface area contributed by atoms with Gasteiger partial charge >= 0.3 is 0 Å². The zero-order valence-corrected chi connectivity index (χ0v) is 11.5. The van der Waals surface area contributed by atoms with Gasteiger partial charge in [-0.05, 0) is 24.3 Å². The molecule has 20 heavy (non-hydrogen) atoms. The van der Waals surface area contributed by atoms with E-state index in [9.17, 15) is 18.0 Å². The summed E-state index contributed by atoms with van der Waals surface area (Å²) in [5.41, 5.74) is 0.389. The van der Waals surface area contributed by atoms with Crippen LogP contribution in [0.25, 0.3) is 0 Å². The molecule has 1 saturated heterocycles. The number of anilines is 1. The zero-order chi connectivity index (χ0) is 14.8. The van der Waals surface area contributed by atoms with E-state index in [1.165, 1.54) is 30.3 Å². The number of carbonyl (C=O) groups is 2. The molecule has 1 aromatic rings. The van der Waals surface area contributed by atoms with Crippen LogP contribution in [0.4, 0.5) is 5.69 Å². The maximum atomic E-state index is 11.8. The van der Waals surface area contributed by atoms with Gasteiger partial charge in [-0.2, -0.15) is 0 Å². The van der Waals surface area contributed by atoms with Gasteiger partial charge in [-0.1, -0.05) is 6.08 Å². The van der Waals surface area contributed by atoms with Crippen molar-refractivity contribution in [1.82, 2.24) is 4.72 Å². The number of nitrogens with one attached hydrogen (secondary N) is 1. The highest BCUT2D eigenvalue weighted by atomic mass is 32.2. The Hall–Kier alpha value is -1.99. The van der Waals surface area contributed by atoms with E-state index in [0.29, 0.717) is 5.69 Å². The van der Waals surface area contributed by atoms with Crippen LogP contribution < -0.4 is 9.62 Å². The Labute approximate surface area is 117 Å². The summed E-state index contributed by atoms with van der Waals surface area (Å²) in [7, 11) is -3.60. The quantitative estimate of drug-likeness (QED) is 0.643. The third kappa shape index (κ3) is 2.78. The molecule has 0 bridgehead atoms. The highest BCUT2D eigenvalue weighted by Gasteiger charge is 2.30. The maximum absolute atomic E-state index is 11.8. The summed E-state index contributed by atoms with van der Waals surface area (Å²) in [6.45, 7) is 3.56. The predicted octanol–water partition coefficient (Wildman–Crippen LogP) is 0.804. The van der Waals surface area contributed by atoms with Crippen molar-refractivity contribution in [3.05, 3.63) is 36.9 Å². The molecule has 1 heterocycles. The second kappa shape index (κ2) is 5.56. The fraction of sp³-hybridized carbons (Fsp3) is 0.231. The number of hydrogen-bond donors (Lipinski definition) is 1. The van der Waals surface area contributed by atoms with E-state index in [-0.39, 0.29) is 36.1 Å². The molecule has 2 rings (SSSR count). The van der Waals surface area contributed by atoms with Gasteiger partial charge in [0.15, 0.2) is 0 Å². The number of rotatable bonds is 5. The van der Waals surface area contributed by atoms with Crippen molar-refractivity contribution in [3.63, 3.8) is 0 Å². The van der Waals surface area contributed by atoms with Crippen molar-refractivity contribution < 1.29 is 18.0 Å². The molecule has 0 aromatic heterocycles. The van der Waals surface area contributed by atoms with E-state index >= 15 is 0 Å². The Morgan fingerprint density at radius 1 is 1.15 bits per heavy atom. The van der Waals surface area contributed by atoms with Crippen molar-refractivity contribution in [1.29, 1.82) is 0 Å². The normalized spacial score (nSPS) is 15.7.